The molecule has 2 nitrogen and oxygen atoms in total. The molecule has 0 aromatic heterocycles. The third-order valence-electron chi connectivity index (χ3n) is 5.33. The molecule has 1 aromatic rings. The van der Waals surface area contributed by atoms with Crippen LogP contribution in [0.4, 0.5) is 0 Å². The van der Waals surface area contributed by atoms with Crippen molar-refractivity contribution in [3.05, 3.63) is 35.4 Å². The quantitative estimate of drug-likeness (QED) is 0.672. The van der Waals surface area contributed by atoms with Gasteiger partial charge in [0.1, 0.15) is 0 Å². The average Bonchev–Trinajstić information content (AvgIpc) is 2.81. The Bertz CT molecular complexity index is 528. The number of hydrogen-bond acceptors (Lipinski definition) is 2. The van der Waals surface area contributed by atoms with Crippen LogP contribution in [0.5, 0.6) is 0 Å². The number of benzene rings is 1. The van der Waals surface area contributed by atoms with E-state index in [1.54, 1.807) is 0 Å². The van der Waals surface area contributed by atoms with Gasteiger partial charge in [-0.1, -0.05) is 56.1 Å². The van der Waals surface area contributed by atoms with Crippen molar-refractivity contribution in [3.8, 4) is 0 Å². The van der Waals surface area contributed by atoms with E-state index in [1.807, 2.05) is 12.1 Å². The molecule has 0 spiro atoms. The second-order valence-electron chi connectivity index (χ2n) is 6.65. The molecule has 3 aliphatic rings. The number of aliphatic hydroxyl groups is 2. The molecule has 1 aromatic carbocycles. The lowest BCUT2D eigenvalue weighted by molar-refractivity contribution is -0.175. The second-order valence-corrected chi connectivity index (χ2v) is 9.68. The molecule has 0 saturated heterocycles. The lowest BCUT2D eigenvalue weighted by Crippen LogP contribution is -2.65. The number of rotatable bonds is 0. The molecule has 102 valence electrons. The fourth-order valence-corrected chi connectivity index (χ4v) is 6.63. The molecule has 2 N–H and O–H groups in total. The van der Waals surface area contributed by atoms with Crippen molar-refractivity contribution >= 4 is 31.9 Å². The Balaban J connectivity index is 1.81. The Hall–Kier alpha value is 0.1000. The van der Waals surface area contributed by atoms with E-state index in [0.29, 0.717) is 25.7 Å². The van der Waals surface area contributed by atoms with E-state index >= 15 is 0 Å². The molecule has 4 unspecified atom stereocenters. The van der Waals surface area contributed by atoms with Gasteiger partial charge in [0.2, 0.25) is 0 Å². The number of hydrogen-bond donors (Lipinski definition) is 2. The van der Waals surface area contributed by atoms with E-state index in [2.05, 4.69) is 44.0 Å². The highest BCUT2D eigenvalue weighted by Gasteiger charge is 2.76. The van der Waals surface area contributed by atoms with Gasteiger partial charge in [-0.15, -0.1) is 0 Å². The maximum absolute atomic E-state index is 11.1. The second kappa shape index (κ2) is 3.46. The van der Waals surface area contributed by atoms with E-state index in [-0.39, 0.29) is 8.65 Å². The summed E-state index contributed by atoms with van der Waals surface area (Å²) in [6, 6.07) is 8.14. The predicted octanol–water partition coefficient (Wildman–Crippen LogP) is 2.71. The Morgan fingerprint density at radius 1 is 0.789 bits per heavy atom. The van der Waals surface area contributed by atoms with Gasteiger partial charge in [0.05, 0.1) is 11.2 Å². The van der Waals surface area contributed by atoms with Crippen LogP contribution in [0.2, 0.25) is 0 Å². The van der Waals surface area contributed by atoms with E-state index in [0.717, 1.165) is 6.42 Å². The summed E-state index contributed by atoms with van der Waals surface area (Å²) in [7, 11) is 0. The lowest BCUT2D eigenvalue weighted by atomic mass is 9.62. The summed E-state index contributed by atoms with van der Waals surface area (Å²) in [6.45, 7) is 0. The maximum Gasteiger partial charge on any atom is 0.0991 e. The third kappa shape index (κ3) is 1.55. The van der Waals surface area contributed by atoms with Gasteiger partial charge in [0.15, 0.2) is 0 Å². The number of halogens is 2. The average molecular weight is 388 g/mol. The first-order chi connectivity index (χ1) is 8.79. The van der Waals surface area contributed by atoms with Crippen LogP contribution in [0.3, 0.4) is 0 Å². The van der Waals surface area contributed by atoms with Crippen molar-refractivity contribution < 1.29 is 10.2 Å². The Morgan fingerprint density at radius 3 is 1.63 bits per heavy atom. The lowest BCUT2D eigenvalue weighted by Gasteiger charge is -2.53. The molecule has 0 bridgehead atoms. The fraction of sp³-hybridized carbons (Fsp3) is 0.600. The van der Waals surface area contributed by atoms with Gasteiger partial charge in [-0.2, -0.15) is 0 Å². The summed E-state index contributed by atoms with van der Waals surface area (Å²) in [5.41, 5.74) is 0.319. The van der Waals surface area contributed by atoms with Gasteiger partial charge in [-0.3, -0.25) is 0 Å². The first kappa shape index (κ1) is 12.8. The molecule has 4 atom stereocenters. The maximum atomic E-state index is 11.1. The predicted molar refractivity (Wildman–Crippen MR) is 80.9 cm³/mol. The van der Waals surface area contributed by atoms with Gasteiger partial charge in [-0.25, -0.2) is 0 Å². The number of alkyl halides is 2. The summed E-state index contributed by atoms with van der Waals surface area (Å²) < 4.78 is -0.0967. The molecular weight excluding hydrogens is 372 g/mol. The first-order valence-electron chi connectivity index (χ1n) is 6.69. The molecule has 2 saturated carbocycles. The first-order valence-corrected chi connectivity index (χ1v) is 8.27. The molecule has 3 aliphatic carbocycles. The highest BCUT2D eigenvalue weighted by molar-refractivity contribution is 9.13. The summed E-state index contributed by atoms with van der Waals surface area (Å²) >= 11 is 7.53. The van der Waals surface area contributed by atoms with E-state index in [4.69, 9.17) is 0 Å². The van der Waals surface area contributed by atoms with Crippen molar-refractivity contribution in [2.45, 2.75) is 52.0 Å². The number of fused-ring (bicyclic) bond motifs is 3. The van der Waals surface area contributed by atoms with Gasteiger partial charge in [0.25, 0.3) is 0 Å². The molecule has 19 heavy (non-hydrogen) atoms. The van der Waals surface area contributed by atoms with Crippen LogP contribution in [-0.2, 0) is 12.8 Å². The summed E-state index contributed by atoms with van der Waals surface area (Å²) in [4.78, 5) is 0. The van der Waals surface area contributed by atoms with Crippen molar-refractivity contribution in [1.29, 1.82) is 0 Å². The highest BCUT2D eigenvalue weighted by Crippen LogP contribution is 2.72. The molecule has 0 amide bonds. The van der Waals surface area contributed by atoms with Crippen LogP contribution in [0, 0.1) is 0 Å². The minimum Gasteiger partial charge on any atom is -0.386 e. The van der Waals surface area contributed by atoms with Crippen LogP contribution in [-0.4, -0.2) is 30.1 Å². The SMILES string of the molecule is OC12Cc3ccccc3CC1(O)CC1(Br)CC1(Br)C2. The third-order valence-corrected chi connectivity index (χ3v) is 8.51. The van der Waals surface area contributed by atoms with Gasteiger partial charge < -0.3 is 10.2 Å². The molecule has 0 radical (unpaired) electrons. The topological polar surface area (TPSA) is 40.5 Å². The Morgan fingerprint density at radius 2 is 1.21 bits per heavy atom. The van der Waals surface area contributed by atoms with E-state index < -0.39 is 11.2 Å². The Labute approximate surface area is 129 Å². The molecule has 0 aliphatic heterocycles. The normalized spacial score (nSPS) is 50.9. The van der Waals surface area contributed by atoms with Crippen molar-refractivity contribution in [2.75, 3.05) is 0 Å². The van der Waals surface area contributed by atoms with Crippen molar-refractivity contribution in [2.24, 2.45) is 0 Å². The van der Waals surface area contributed by atoms with Crippen molar-refractivity contribution in [3.63, 3.8) is 0 Å². The minimum absolute atomic E-state index is 0.0483. The monoisotopic (exact) mass is 386 g/mol. The van der Waals surface area contributed by atoms with Gasteiger partial charge in [0, 0.05) is 21.5 Å². The summed E-state index contributed by atoms with van der Waals surface area (Å²) in [5.74, 6) is 0. The van der Waals surface area contributed by atoms with Gasteiger partial charge >= 0.3 is 0 Å². The zero-order valence-electron chi connectivity index (χ0n) is 10.5. The molecule has 2 fully saturated rings. The summed E-state index contributed by atoms with van der Waals surface area (Å²) in [5, 5.41) is 22.1. The smallest absolute Gasteiger partial charge is 0.0991 e. The van der Waals surface area contributed by atoms with E-state index in [1.165, 1.54) is 11.1 Å². The van der Waals surface area contributed by atoms with Crippen LogP contribution in [0.1, 0.15) is 30.4 Å². The van der Waals surface area contributed by atoms with Gasteiger partial charge in [-0.05, 0) is 30.4 Å². The minimum atomic E-state index is -1.02. The van der Waals surface area contributed by atoms with E-state index in [9.17, 15) is 10.2 Å². The summed E-state index contributed by atoms with van der Waals surface area (Å²) in [6.07, 6.45) is 3.29. The zero-order chi connectivity index (χ0) is 13.5. The largest absolute Gasteiger partial charge is 0.386 e. The zero-order valence-corrected chi connectivity index (χ0v) is 13.7. The van der Waals surface area contributed by atoms with Crippen LogP contribution in [0.15, 0.2) is 24.3 Å². The fourth-order valence-electron chi connectivity index (χ4n) is 4.08. The molecular formula is C15H16Br2O2. The Kier molecular flexibility index (Phi) is 2.33. The molecule has 0 heterocycles. The highest BCUT2D eigenvalue weighted by atomic mass is 79.9. The van der Waals surface area contributed by atoms with Crippen LogP contribution < -0.4 is 0 Å². The van der Waals surface area contributed by atoms with Crippen molar-refractivity contribution in [1.82, 2.24) is 0 Å². The molecule has 4 heteroatoms. The van der Waals surface area contributed by atoms with Crippen LogP contribution >= 0.6 is 31.9 Å². The molecule has 4 rings (SSSR count). The van der Waals surface area contributed by atoms with Crippen LogP contribution in [0.25, 0.3) is 0 Å². The standard InChI is InChI=1S/C15H16Br2O2/c16-12-7-13(12,17)9-15(19)6-11-4-2-1-3-10(11)5-14(15,18)8-12/h1-4,18-19H,5-9H2.